The lowest BCUT2D eigenvalue weighted by atomic mass is 10.1. The van der Waals surface area contributed by atoms with Crippen LogP contribution in [0.5, 0.6) is 5.75 Å². The van der Waals surface area contributed by atoms with E-state index in [-0.39, 0.29) is 27.6 Å². The second kappa shape index (κ2) is 9.27. The number of nitrogens with one attached hydrogen (secondary N) is 1. The van der Waals surface area contributed by atoms with E-state index in [2.05, 4.69) is 10.4 Å². The molecule has 1 aromatic carbocycles. The zero-order valence-corrected chi connectivity index (χ0v) is 17.9. The molecule has 1 heterocycles. The van der Waals surface area contributed by atoms with Gasteiger partial charge in [0, 0.05) is 17.7 Å². The van der Waals surface area contributed by atoms with Crippen LogP contribution in [-0.4, -0.2) is 36.6 Å². The number of aryl methyl sites for hydroxylation is 2. The normalized spacial score (nSPS) is 11.3. The van der Waals surface area contributed by atoms with E-state index in [1.54, 1.807) is 7.05 Å². The molecule has 0 saturated heterocycles. The molecular formula is C18H23ClN4O5S. The molecule has 0 aliphatic rings. The first-order valence-electron chi connectivity index (χ1n) is 8.98. The minimum Gasteiger partial charge on any atom is -0.493 e. The fourth-order valence-electron chi connectivity index (χ4n) is 2.76. The van der Waals surface area contributed by atoms with E-state index in [0.717, 1.165) is 12.5 Å². The Labute approximate surface area is 173 Å². The van der Waals surface area contributed by atoms with E-state index in [4.69, 9.17) is 21.2 Å². The van der Waals surface area contributed by atoms with Gasteiger partial charge in [0.1, 0.15) is 11.4 Å². The Morgan fingerprint density at radius 3 is 2.52 bits per heavy atom. The molecule has 11 heteroatoms. The second-order valence-electron chi connectivity index (χ2n) is 6.31. The summed E-state index contributed by atoms with van der Waals surface area (Å²) in [7, 11) is 2.90. The Bertz CT molecular complexity index is 1030. The average molecular weight is 443 g/mol. The van der Waals surface area contributed by atoms with E-state index in [9.17, 15) is 18.0 Å². The van der Waals surface area contributed by atoms with Gasteiger partial charge in [-0.05, 0) is 31.0 Å². The maximum Gasteiger partial charge on any atom is 0.269 e. The standard InChI is InChI=1S/C18H23ClN4O5S/c1-4-6-13-15(16(17(20)24)23(3)22-13)21-18(25)12-10-11(29(19,26)27)7-8-14(12)28-9-5-2/h7-8,10H,4-6,9H2,1-3H3,(H2,20,24)(H,21,25). The maximum atomic E-state index is 13.0. The first kappa shape index (κ1) is 22.7. The molecule has 0 atom stereocenters. The highest BCUT2D eigenvalue weighted by molar-refractivity contribution is 8.13. The largest absolute Gasteiger partial charge is 0.493 e. The van der Waals surface area contributed by atoms with Gasteiger partial charge in [-0.15, -0.1) is 0 Å². The van der Waals surface area contributed by atoms with Crippen molar-refractivity contribution < 1.29 is 22.7 Å². The number of ether oxygens (including phenoxy) is 1. The van der Waals surface area contributed by atoms with E-state index in [1.165, 1.54) is 16.8 Å². The van der Waals surface area contributed by atoms with Gasteiger partial charge in [0.05, 0.1) is 28.4 Å². The Balaban J connectivity index is 2.53. The minimum absolute atomic E-state index is 0.0399. The summed E-state index contributed by atoms with van der Waals surface area (Å²) in [6, 6.07) is 3.75. The number of aromatic nitrogens is 2. The molecule has 0 aliphatic heterocycles. The molecule has 9 nitrogen and oxygen atoms in total. The number of benzene rings is 1. The van der Waals surface area contributed by atoms with Crippen LogP contribution >= 0.6 is 10.7 Å². The third kappa shape index (κ3) is 5.27. The number of primary amides is 1. The van der Waals surface area contributed by atoms with Crippen molar-refractivity contribution >= 4 is 37.2 Å². The fourth-order valence-corrected chi connectivity index (χ4v) is 3.54. The summed E-state index contributed by atoms with van der Waals surface area (Å²) < 4.78 is 30.3. The van der Waals surface area contributed by atoms with Crippen LogP contribution in [0.4, 0.5) is 5.69 Å². The van der Waals surface area contributed by atoms with E-state index in [0.29, 0.717) is 25.1 Å². The quantitative estimate of drug-likeness (QED) is 0.573. The zero-order chi connectivity index (χ0) is 21.8. The smallest absolute Gasteiger partial charge is 0.269 e. The molecule has 0 spiro atoms. The fraction of sp³-hybridized carbons (Fsp3) is 0.389. The number of carbonyl (C=O) groups is 2. The molecule has 0 saturated carbocycles. The number of hydrogen-bond acceptors (Lipinski definition) is 6. The molecule has 2 aromatic rings. The zero-order valence-electron chi connectivity index (χ0n) is 16.4. The van der Waals surface area contributed by atoms with Gasteiger partial charge in [-0.25, -0.2) is 8.42 Å². The Morgan fingerprint density at radius 1 is 1.28 bits per heavy atom. The van der Waals surface area contributed by atoms with Crippen LogP contribution in [0.2, 0.25) is 0 Å². The molecule has 0 aliphatic carbocycles. The molecule has 158 valence electrons. The average Bonchev–Trinajstić information content (AvgIpc) is 2.94. The van der Waals surface area contributed by atoms with Crippen molar-refractivity contribution in [3.05, 3.63) is 35.2 Å². The summed E-state index contributed by atoms with van der Waals surface area (Å²) in [6.45, 7) is 4.15. The topological polar surface area (TPSA) is 133 Å². The van der Waals surface area contributed by atoms with Crippen molar-refractivity contribution in [1.82, 2.24) is 9.78 Å². The number of anilines is 1. The SMILES string of the molecule is CCCOc1ccc(S(=O)(=O)Cl)cc1C(=O)Nc1c(CCC)nn(C)c1C(N)=O. The number of amides is 2. The number of rotatable bonds is 9. The maximum absolute atomic E-state index is 13.0. The lowest BCUT2D eigenvalue weighted by Crippen LogP contribution is -2.21. The number of carbonyl (C=O) groups excluding carboxylic acids is 2. The first-order chi connectivity index (χ1) is 13.6. The molecule has 0 radical (unpaired) electrons. The highest BCUT2D eigenvalue weighted by Crippen LogP contribution is 2.28. The summed E-state index contributed by atoms with van der Waals surface area (Å²) in [5.41, 5.74) is 6.13. The number of nitrogens with two attached hydrogens (primary N) is 1. The van der Waals surface area contributed by atoms with Gasteiger partial charge in [-0.3, -0.25) is 14.3 Å². The molecule has 2 rings (SSSR count). The molecule has 0 fully saturated rings. The molecule has 29 heavy (non-hydrogen) atoms. The molecule has 3 N–H and O–H groups in total. The van der Waals surface area contributed by atoms with Crippen LogP contribution in [-0.2, 0) is 22.5 Å². The lowest BCUT2D eigenvalue weighted by Gasteiger charge is -2.13. The van der Waals surface area contributed by atoms with Crippen molar-refractivity contribution in [2.24, 2.45) is 12.8 Å². The van der Waals surface area contributed by atoms with Crippen molar-refractivity contribution in [1.29, 1.82) is 0 Å². The summed E-state index contributed by atoms with van der Waals surface area (Å²) in [5, 5.41) is 6.89. The van der Waals surface area contributed by atoms with Crippen molar-refractivity contribution in [2.45, 2.75) is 38.0 Å². The van der Waals surface area contributed by atoms with Crippen molar-refractivity contribution in [3.8, 4) is 5.75 Å². The number of nitrogens with zero attached hydrogens (tertiary/aromatic N) is 2. The Morgan fingerprint density at radius 2 is 1.97 bits per heavy atom. The van der Waals surface area contributed by atoms with Crippen molar-refractivity contribution in [3.63, 3.8) is 0 Å². The highest BCUT2D eigenvalue weighted by atomic mass is 35.7. The second-order valence-corrected chi connectivity index (χ2v) is 8.87. The van der Waals surface area contributed by atoms with Gasteiger partial charge in [0.25, 0.3) is 20.9 Å². The van der Waals surface area contributed by atoms with Gasteiger partial charge in [0.2, 0.25) is 0 Å². The van der Waals surface area contributed by atoms with Gasteiger partial charge < -0.3 is 15.8 Å². The highest BCUT2D eigenvalue weighted by Gasteiger charge is 2.24. The van der Waals surface area contributed by atoms with Crippen molar-refractivity contribution in [2.75, 3.05) is 11.9 Å². The summed E-state index contributed by atoms with van der Waals surface area (Å²) >= 11 is 0. The third-order valence-electron chi connectivity index (χ3n) is 4.02. The predicted molar refractivity (Wildman–Crippen MR) is 109 cm³/mol. The predicted octanol–water partition coefficient (Wildman–Crippen LogP) is 2.44. The minimum atomic E-state index is -4.06. The van der Waals surface area contributed by atoms with Gasteiger partial charge in [0.15, 0.2) is 0 Å². The molecule has 0 unspecified atom stereocenters. The van der Waals surface area contributed by atoms with Gasteiger partial charge in [-0.2, -0.15) is 5.10 Å². The lowest BCUT2D eigenvalue weighted by molar-refractivity contribution is 0.0992. The van der Waals surface area contributed by atoms with Crippen LogP contribution in [0.25, 0.3) is 0 Å². The van der Waals surface area contributed by atoms with E-state index >= 15 is 0 Å². The van der Waals surface area contributed by atoms with Gasteiger partial charge in [-0.1, -0.05) is 20.3 Å². The molecule has 1 aromatic heterocycles. The first-order valence-corrected chi connectivity index (χ1v) is 11.3. The molecule has 0 bridgehead atoms. The Hall–Kier alpha value is -2.59. The van der Waals surface area contributed by atoms with Crippen LogP contribution in [0.3, 0.4) is 0 Å². The van der Waals surface area contributed by atoms with E-state index in [1.807, 2.05) is 13.8 Å². The van der Waals surface area contributed by atoms with Crippen LogP contribution in [0.1, 0.15) is 53.2 Å². The summed E-state index contributed by atoms with van der Waals surface area (Å²) in [6.07, 6.45) is 1.92. The molecule has 2 amide bonds. The van der Waals surface area contributed by atoms with Crippen LogP contribution in [0, 0.1) is 0 Å². The number of hydrogen-bond donors (Lipinski definition) is 2. The molecular weight excluding hydrogens is 420 g/mol. The van der Waals surface area contributed by atoms with E-state index < -0.39 is 20.9 Å². The monoisotopic (exact) mass is 442 g/mol. The number of halogens is 1. The third-order valence-corrected chi connectivity index (χ3v) is 5.37. The Kier molecular flexibility index (Phi) is 7.26. The summed E-state index contributed by atoms with van der Waals surface area (Å²) in [4.78, 5) is 24.6. The van der Waals surface area contributed by atoms with Crippen LogP contribution in [0.15, 0.2) is 23.1 Å². The summed E-state index contributed by atoms with van der Waals surface area (Å²) in [5.74, 6) is -1.24. The van der Waals surface area contributed by atoms with Crippen LogP contribution < -0.4 is 15.8 Å². The van der Waals surface area contributed by atoms with Gasteiger partial charge >= 0.3 is 0 Å².